The summed E-state index contributed by atoms with van der Waals surface area (Å²) in [4.78, 5) is 8.13. The second-order valence-corrected chi connectivity index (χ2v) is 19.2. The van der Waals surface area contributed by atoms with Gasteiger partial charge in [-0.15, -0.1) is 0 Å². The zero-order valence-electron chi connectivity index (χ0n) is 36.5. The van der Waals surface area contributed by atoms with Crippen molar-refractivity contribution in [3.05, 3.63) is 304 Å². The second kappa shape index (κ2) is 14.8. The Morgan fingerprint density at radius 2 is 0.881 bits per heavy atom. The highest BCUT2D eigenvalue weighted by atomic mass is 32.2. The molecule has 14 rings (SSSR count). The zero-order chi connectivity index (χ0) is 44.1. The fraction of sp³-hybridized carbons (Fsp3) is 0.0469. The summed E-state index contributed by atoms with van der Waals surface area (Å²) in [5, 5.41) is 6.23. The van der Waals surface area contributed by atoms with Gasteiger partial charge in [-0.25, -0.2) is 0 Å². The topological polar surface area (TPSA) is 24.4 Å². The molecule has 1 unspecified atom stereocenters. The number of rotatable bonds is 4. The van der Waals surface area contributed by atoms with Gasteiger partial charge in [0.1, 0.15) is 6.17 Å². The summed E-state index contributed by atoms with van der Waals surface area (Å²) in [6.07, 6.45) is 1.95. The average Bonchev–Trinajstić information content (AvgIpc) is 3.70. The summed E-state index contributed by atoms with van der Waals surface area (Å²) in [6, 6.07) is 88.0. The summed E-state index contributed by atoms with van der Waals surface area (Å²) in [6.45, 7) is 0. The number of aliphatic imine (C=N–C) groups is 1. The van der Waals surface area contributed by atoms with E-state index >= 15 is 0 Å². The molecule has 0 bridgehead atoms. The van der Waals surface area contributed by atoms with Crippen LogP contribution in [0.4, 0.5) is 0 Å². The first-order valence-electron chi connectivity index (χ1n) is 23.2. The van der Waals surface area contributed by atoms with Crippen molar-refractivity contribution in [2.75, 3.05) is 0 Å². The first-order chi connectivity index (χ1) is 33.2. The van der Waals surface area contributed by atoms with Gasteiger partial charge in [0.05, 0.1) is 16.5 Å². The van der Waals surface area contributed by atoms with Gasteiger partial charge in [0.15, 0.2) is 0 Å². The normalized spacial score (nSPS) is 16.4. The Morgan fingerprint density at radius 3 is 1.60 bits per heavy atom. The van der Waals surface area contributed by atoms with Crippen LogP contribution in [0.3, 0.4) is 0 Å². The van der Waals surface area contributed by atoms with Crippen LogP contribution < -0.4 is 5.32 Å². The number of hydrogen-bond donors (Lipinski definition) is 1. The van der Waals surface area contributed by atoms with Gasteiger partial charge < -0.3 is 5.32 Å². The Hall–Kier alpha value is -7.98. The minimum atomic E-state index is -0.565. The number of hydrogen-bond acceptors (Lipinski definition) is 3. The van der Waals surface area contributed by atoms with E-state index in [1.165, 1.54) is 87.3 Å². The molecule has 0 aromatic heterocycles. The fourth-order valence-electron chi connectivity index (χ4n) is 12.2. The molecule has 10 aromatic rings. The van der Waals surface area contributed by atoms with Crippen molar-refractivity contribution in [3.8, 4) is 22.3 Å². The molecular weight excluding hydrogens is 829 g/mol. The van der Waals surface area contributed by atoms with Crippen molar-refractivity contribution in [3.63, 3.8) is 0 Å². The molecule has 1 atom stereocenters. The lowest BCUT2D eigenvalue weighted by Gasteiger charge is -2.51. The Bertz CT molecular complexity index is 3630. The van der Waals surface area contributed by atoms with Crippen molar-refractivity contribution >= 4 is 33.9 Å². The monoisotopic (exact) mass is 870 g/mol. The van der Waals surface area contributed by atoms with Crippen molar-refractivity contribution < 1.29 is 0 Å². The molecule has 4 aliphatic rings. The fourth-order valence-corrected chi connectivity index (χ4v) is 13.4. The Labute approximate surface area is 395 Å². The Kier molecular flexibility index (Phi) is 8.44. The van der Waals surface area contributed by atoms with Gasteiger partial charge in [-0.1, -0.05) is 230 Å². The third-order valence-electron chi connectivity index (χ3n) is 14.9. The number of nitrogens with zero attached hydrogens (tertiary/aromatic N) is 1. The van der Waals surface area contributed by atoms with E-state index in [0.717, 1.165) is 28.1 Å². The quantitative estimate of drug-likeness (QED) is 0.191. The maximum absolute atomic E-state index is 5.51. The van der Waals surface area contributed by atoms with E-state index in [2.05, 4.69) is 248 Å². The molecule has 0 amide bonds. The van der Waals surface area contributed by atoms with Crippen LogP contribution in [-0.2, 0) is 10.8 Å². The van der Waals surface area contributed by atoms with Gasteiger partial charge in [-0.3, -0.25) is 4.99 Å². The number of fused-ring (bicyclic) bond motifs is 16. The van der Waals surface area contributed by atoms with Crippen LogP contribution in [0.2, 0.25) is 0 Å². The summed E-state index contributed by atoms with van der Waals surface area (Å²) < 4.78 is 0. The molecule has 2 nitrogen and oxygen atoms in total. The van der Waals surface area contributed by atoms with Crippen LogP contribution in [0.25, 0.3) is 38.7 Å². The lowest BCUT2D eigenvalue weighted by molar-refractivity contribution is 0.605. The Morgan fingerprint density at radius 1 is 0.388 bits per heavy atom. The highest BCUT2D eigenvalue weighted by Gasteiger charge is 2.58. The van der Waals surface area contributed by atoms with E-state index in [-0.39, 0.29) is 6.17 Å². The summed E-state index contributed by atoms with van der Waals surface area (Å²) in [5.74, 6) is 0. The standard InChI is InChI=1S/C64H42N2S/c1-2-20-42(21-3-1)57-40-58(66-62(65-57)47-28-17-22-41-19-4-5-25-45(41)47)44-24-16-23-43(39-44)46-27-18-36-56-61(46)48-26-6-7-29-49(48)63(56)50-30-8-10-32-52(50)64(53-33-11-9-31-51(53)63)54-34-12-14-37-59(54)67-60-38-15-13-35-55(60)64/h1-40,62,65H. The predicted molar refractivity (Wildman–Crippen MR) is 276 cm³/mol. The van der Waals surface area contributed by atoms with E-state index < -0.39 is 10.8 Å². The van der Waals surface area contributed by atoms with Crippen molar-refractivity contribution in [1.82, 2.24) is 5.32 Å². The van der Waals surface area contributed by atoms with Gasteiger partial charge in [-0.2, -0.15) is 0 Å². The van der Waals surface area contributed by atoms with Crippen LogP contribution >= 0.6 is 11.8 Å². The molecule has 67 heavy (non-hydrogen) atoms. The van der Waals surface area contributed by atoms with Gasteiger partial charge in [0, 0.05) is 26.6 Å². The summed E-state index contributed by atoms with van der Waals surface area (Å²) in [7, 11) is 0. The molecule has 2 spiro atoms. The summed E-state index contributed by atoms with van der Waals surface area (Å²) in [5.41, 5.74) is 20.0. The van der Waals surface area contributed by atoms with Gasteiger partial charge in [0.2, 0.25) is 0 Å². The molecule has 2 heterocycles. The van der Waals surface area contributed by atoms with Crippen LogP contribution in [0.1, 0.15) is 67.4 Å². The van der Waals surface area contributed by atoms with Gasteiger partial charge in [-0.05, 0) is 107 Å². The third-order valence-corrected chi connectivity index (χ3v) is 16.0. The Balaban J connectivity index is 0.988. The number of allylic oxidation sites excluding steroid dienone is 1. The molecule has 3 heteroatoms. The highest BCUT2D eigenvalue weighted by molar-refractivity contribution is 7.99. The predicted octanol–water partition coefficient (Wildman–Crippen LogP) is 15.2. The largest absolute Gasteiger partial charge is 0.359 e. The van der Waals surface area contributed by atoms with E-state index in [0.29, 0.717) is 0 Å². The lowest BCUT2D eigenvalue weighted by atomic mass is 9.51. The molecule has 0 saturated heterocycles. The van der Waals surface area contributed by atoms with Crippen molar-refractivity contribution in [1.29, 1.82) is 0 Å². The van der Waals surface area contributed by atoms with Crippen molar-refractivity contribution in [2.24, 2.45) is 4.99 Å². The molecule has 1 N–H and O–H groups in total. The smallest absolute Gasteiger partial charge is 0.146 e. The van der Waals surface area contributed by atoms with E-state index in [4.69, 9.17) is 4.99 Å². The first kappa shape index (κ1) is 38.3. The number of nitrogens with one attached hydrogen (secondary N) is 1. The maximum Gasteiger partial charge on any atom is 0.146 e. The third kappa shape index (κ3) is 5.38. The molecule has 0 saturated carbocycles. The van der Waals surface area contributed by atoms with E-state index in [1.807, 2.05) is 11.8 Å². The molecule has 10 aromatic carbocycles. The SMILES string of the molecule is C1=C(c2ccccc2)NC(c2cccc3ccccc23)N=C1c1cccc(-c2cccc3c2-c2ccccc2C32c3ccccc3C3(c4ccccc4Sc4ccccc43)c3ccccc32)c1. The van der Waals surface area contributed by atoms with E-state index in [9.17, 15) is 0 Å². The highest BCUT2D eigenvalue weighted by Crippen LogP contribution is 2.67. The van der Waals surface area contributed by atoms with Crippen LogP contribution in [0, 0.1) is 0 Å². The maximum atomic E-state index is 5.51. The van der Waals surface area contributed by atoms with Gasteiger partial charge in [0.25, 0.3) is 0 Å². The first-order valence-corrected chi connectivity index (χ1v) is 24.0. The minimum Gasteiger partial charge on any atom is -0.359 e. The van der Waals surface area contributed by atoms with Crippen LogP contribution in [0.5, 0.6) is 0 Å². The number of benzene rings is 10. The molecule has 2 aliphatic carbocycles. The molecule has 2 aliphatic heterocycles. The zero-order valence-corrected chi connectivity index (χ0v) is 37.3. The van der Waals surface area contributed by atoms with Crippen LogP contribution in [-0.4, -0.2) is 5.71 Å². The van der Waals surface area contributed by atoms with E-state index in [1.54, 1.807) is 0 Å². The molecule has 314 valence electrons. The van der Waals surface area contributed by atoms with Crippen molar-refractivity contribution in [2.45, 2.75) is 26.8 Å². The lowest BCUT2D eigenvalue weighted by Crippen LogP contribution is -2.45. The van der Waals surface area contributed by atoms with Crippen LogP contribution in [0.15, 0.2) is 257 Å². The molecule has 0 fully saturated rings. The van der Waals surface area contributed by atoms with Gasteiger partial charge >= 0.3 is 0 Å². The molecule has 0 radical (unpaired) electrons. The second-order valence-electron chi connectivity index (χ2n) is 18.1. The average molecular weight is 871 g/mol. The molecular formula is C64H42N2S. The summed E-state index contributed by atoms with van der Waals surface area (Å²) >= 11 is 1.89. The minimum absolute atomic E-state index is 0.269.